The first-order chi connectivity index (χ1) is 9.45. The van der Waals surface area contributed by atoms with Crippen molar-refractivity contribution < 1.29 is 9.90 Å². The van der Waals surface area contributed by atoms with Gasteiger partial charge in [-0.25, -0.2) is 0 Å². The minimum Gasteiger partial charge on any atom is -0.391 e. The minimum absolute atomic E-state index is 0.115. The molecular formula is C17H25NO2. The number of aliphatic hydroxyl groups is 1. The van der Waals surface area contributed by atoms with Crippen molar-refractivity contribution in [3.8, 4) is 0 Å². The summed E-state index contributed by atoms with van der Waals surface area (Å²) in [5.41, 5.74) is 3.70. The number of hydrogen-bond donors (Lipinski definition) is 1. The van der Waals surface area contributed by atoms with E-state index in [4.69, 9.17) is 0 Å². The van der Waals surface area contributed by atoms with Crippen molar-refractivity contribution >= 4 is 5.91 Å². The van der Waals surface area contributed by atoms with Crippen LogP contribution in [0.3, 0.4) is 0 Å². The van der Waals surface area contributed by atoms with Gasteiger partial charge in [-0.15, -0.1) is 0 Å². The first-order valence-electron chi connectivity index (χ1n) is 7.45. The summed E-state index contributed by atoms with van der Waals surface area (Å²) in [7, 11) is 1.79. The molecule has 1 N–H and O–H groups in total. The molecule has 0 aliphatic heterocycles. The van der Waals surface area contributed by atoms with E-state index in [9.17, 15) is 9.90 Å². The summed E-state index contributed by atoms with van der Waals surface area (Å²) in [5.74, 6) is 0.536. The molecule has 3 nitrogen and oxygen atoms in total. The van der Waals surface area contributed by atoms with Crippen LogP contribution in [0.2, 0.25) is 0 Å². The maximum Gasteiger partial charge on any atom is 0.222 e. The lowest BCUT2D eigenvalue weighted by atomic mass is 10.0. The van der Waals surface area contributed by atoms with Gasteiger partial charge in [0, 0.05) is 20.0 Å². The number of carbonyl (C=O) groups is 1. The normalized spacial score (nSPS) is 16.0. The smallest absolute Gasteiger partial charge is 0.222 e. The molecule has 1 fully saturated rings. The molecule has 1 aromatic carbocycles. The van der Waals surface area contributed by atoms with Gasteiger partial charge < -0.3 is 10.0 Å². The number of nitrogens with zero attached hydrogens (tertiary/aromatic N) is 1. The second-order valence-electron chi connectivity index (χ2n) is 6.18. The van der Waals surface area contributed by atoms with Crippen molar-refractivity contribution in [1.29, 1.82) is 0 Å². The van der Waals surface area contributed by atoms with Gasteiger partial charge >= 0.3 is 0 Å². The Labute approximate surface area is 121 Å². The first kappa shape index (κ1) is 15.0. The third-order valence-corrected chi connectivity index (χ3v) is 3.96. The van der Waals surface area contributed by atoms with Crippen molar-refractivity contribution in [2.75, 3.05) is 13.6 Å². The topological polar surface area (TPSA) is 40.5 Å². The van der Waals surface area contributed by atoms with Gasteiger partial charge in [-0.05, 0) is 44.6 Å². The van der Waals surface area contributed by atoms with Crippen LogP contribution in [0.5, 0.6) is 0 Å². The average molecular weight is 275 g/mol. The highest BCUT2D eigenvalue weighted by molar-refractivity contribution is 5.76. The summed E-state index contributed by atoms with van der Waals surface area (Å²) >= 11 is 0. The fourth-order valence-electron chi connectivity index (χ4n) is 2.67. The van der Waals surface area contributed by atoms with Crippen LogP contribution in [0.15, 0.2) is 18.2 Å². The lowest BCUT2D eigenvalue weighted by Crippen LogP contribution is -2.35. The first-order valence-corrected chi connectivity index (χ1v) is 7.45. The van der Waals surface area contributed by atoms with Gasteiger partial charge in [0.15, 0.2) is 0 Å². The molecule has 1 atom stereocenters. The predicted octanol–water partition coefficient (Wildman–Crippen LogP) is 2.47. The van der Waals surface area contributed by atoms with Crippen molar-refractivity contribution in [2.45, 2.75) is 45.6 Å². The second kappa shape index (κ2) is 6.40. The Morgan fingerprint density at radius 2 is 1.90 bits per heavy atom. The Kier molecular flexibility index (Phi) is 4.81. The van der Waals surface area contributed by atoms with E-state index in [0.717, 1.165) is 19.3 Å². The Balaban J connectivity index is 1.81. The number of hydrogen-bond acceptors (Lipinski definition) is 2. The Bertz CT molecular complexity index is 460. The van der Waals surface area contributed by atoms with Crippen molar-refractivity contribution in [3.63, 3.8) is 0 Å². The van der Waals surface area contributed by atoms with E-state index in [2.05, 4.69) is 32.0 Å². The number of aryl methyl sites for hydroxylation is 3. The van der Waals surface area contributed by atoms with E-state index in [0.29, 0.717) is 18.9 Å². The van der Waals surface area contributed by atoms with E-state index < -0.39 is 0 Å². The summed E-state index contributed by atoms with van der Waals surface area (Å²) in [6.07, 6.45) is 3.14. The Morgan fingerprint density at radius 3 is 2.45 bits per heavy atom. The molecule has 0 radical (unpaired) electrons. The van der Waals surface area contributed by atoms with Crippen LogP contribution in [0.25, 0.3) is 0 Å². The summed E-state index contributed by atoms with van der Waals surface area (Å²) in [6.45, 7) is 4.63. The van der Waals surface area contributed by atoms with E-state index in [-0.39, 0.29) is 12.0 Å². The molecule has 2 rings (SSSR count). The fraction of sp³-hybridized carbons (Fsp3) is 0.588. The zero-order valence-corrected chi connectivity index (χ0v) is 12.7. The zero-order chi connectivity index (χ0) is 14.7. The zero-order valence-electron chi connectivity index (χ0n) is 12.7. The third kappa shape index (κ3) is 4.34. The summed E-state index contributed by atoms with van der Waals surface area (Å²) < 4.78 is 0. The van der Waals surface area contributed by atoms with Gasteiger partial charge in [0.25, 0.3) is 0 Å². The highest BCUT2D eigenvalue weighted by Gasteiger charge is 2.30. The third-order valence-electron chi connectivity index (χ3n) is 3.96. The molecular weight excluding hydrogens is 250 g/mol. The number of aliphatic hydroxyl groups excluding tert-OH is 1. The summed E-state index contributed by atoms with van der Waals surface area (Å²) in [5, 5.41) is 9.87. The monoisotopic (exact) mass is 275 g/mol. The number of rotatable bonds is 6. The molecule has 20 heavy (non-hydrogen) atoms. The summed E-state index contributed by atoms with van der Waals surface area (Å²) in [6, 6.07) is 6.42. The lowest BCUT2D eigenvalue weighted by molar-refractivity contribution is -0.131. The molecule has 1 saturated carbocycles. The van der Waals surface area contributed by atoms with Crippen LogP contribution in [-0.2, 0) is 11.2 Å². The second-order valence-corrected chi connectivity index (χ2v) is 6.18. The van der Waals surface area contributed by atoms with Crippen molar-refractivity contribution in [3.05, 3.63) is 34.9 Å². The lowest BCUT2D eigenvalue weighted by Gasteiger charge is -2.20. The van der Waals surface area contributed by atoms with Gasteiger partial charge in [0.1, 0.15) is 0 Å². The Morgan fingerprint density at radius 1 is 1.30 bits per heavy atom. The minimum atomic E-state index is -0.342. The van der Waals surface area contributed by atoms with Gasteiger partial charge in [0.05, 0.1) is 6.10 Å². The number of benzene rings is 1. The molecule has 110 valence electrons. The maximum absolute atomic E-state index is 12.1. The van der Waals surface area contributed by atoms with Gasteiger partial charge in [-0.2, -0.15) is 0 Å². The largest absolute Gasteiger partial charge is 0.391 e. The fourth-order valence-corrected chi connectivity index (χ4v) is 2.67. The Hall–Kier alpha value is -1.35. The van der Waals surface area contributed by atoms with Crippen LogP contribution in [0, 0.1) is 19.8 Å². The highest BCUT2D eigenvalue weighted by Crippen LogP contribution is 2.32. The van der Waals surface area contributed by atoms with Gasteiger partial charge in [0.2, 0.25) is 5.91 Å². The van der Waals surface area contributed by atoms with Crippen molar-refractivity contribution in [1.82, 2.24) is 4.90 Å². The number of amides is 1. The SMILES string of the molecule is Cc1cc(C)cc(CCC(=O)N(C)CC(O)C2CC2)c1. The molecule has 0 bridgehead atoms. The molecule has 0 aromatic heterocycles. The van der Waals surface area contributed by atoms with Crippen LogP contribution < -0.4 is 0 Å². The highest BCUT2D eigenvalue weighted by atomic mass is 16.3. The molecule has 0 saturated heterocycles. The van der Waals surface area contributed by atoms with Gasteiger partial charge in [-0.1, -0.05) is 29.3 Å². The quantitative estimate of drug-likeness (QED) is 0.866. The molecule has 3 heteroatoms. The predicted molar refractivity (Wildman–Crippen MR) is 80.6 cm³/mol. The molecule has 1 aliphatic rings. The molecule has 1 aliphatic carbocycles. The maximum atomic E-state index is 12.1. The molecule has 1 aromatic rings. The molecule has 1 unspecified atom stereocenters. The van der Waals surface area contributed by atoms with Crippen LogP contribution in [0.4, 0.5) is 0 Å². The number of carbonyl (C=O) groups excluding carboxylic acids is 1. The molecule has 0 spiro atoms. The standard InChI is InChI=1S/C17H25NO2/c1-12-8-13(2)10-14(9-12)4-7-17(20)18(3)11-16(19)15-5-6-15/h8-10,15-16,19H,4-7,11H2,1-3H3. The van der Waals surface area contributed by atoms with Crippen molar-refractivity contribution in [2.24, 2.45) is 5.92 Å². The van der Waals surface area contributed by atoms with Crippen LogP contribution in [-0.4, -0.2) is 35.6 Å². The molecule has 0 heterocycles. The molecule has 1 amide bonds. The van der Waals surface area contributed by atoms with E-state index in [1.165, 1.54) is 16.7 Å². The van der Waals surface area contributed by atoms with E-state index in [1.807, 2.05) is 0 Å². The van der Waals surface area contributed by atoms with E-state index >= 15 is 0 Å². The average Bonchev–Trinajstić information content (AvgIpc) is 3.18. The van der Waals surface area contributed by atoms with E-state index in [1.54, 1.807) is 11.9 Å². The summed E-state index contributed by atoms with van der Waals surface area (Å²) in [4.78, 5) is 13.8. The number of likely N-dealkylation sites (N-methyl/N-ethyl adjacent to an activating group) is 1. The van der Waals surface area contributed by atoms with Gasteiger partial charge in [-0.3, -0.25) is 4.79 Å². The van der Waals surface area contributed by atoms with Crippen LogP contribution >= 0.6 is 0 Å². The van der Waals surface area contributed by atoms with Crippen LogP contribution in [0.1, 0.15) is 36.0 Å².